The molecule has 0 N–H and O–H groups in total. The molecule has 1 saturated heterocycles. The van der Waals surface area contributed by atoms with Gasteiger partial charge in [-0.25, -0.2) is 4.98 Å². The number of piperidine rings is 1. The SMILES string of the molecule is CCc1sc2nc(Cl)nc(N3C(C)CCCC3C)c2c1-c1ccc(C(C)C)cc1. The number of halogens is 1. The van der Waals surface area contributed by atoms with Crippen LogP contribution >= 0.6 is 22.9 Å². The van der Waals surface area contributed by atoms with Crippen molar-refractivity contribution in [2.75, 3.05) is 4.90 Å². The van der Waals surface area contributed by atoms with E-state index in [1.54, 1.807) is 11.3 Å². The van der Waals surface area contributed by atoms with E-state index in [1.165, 1.54) is 46.2 Å². The summed E-state index contributed by atoms with van der Waals surface area (Å²) < 4.78 is 0. The predicted octanol–water partition coefficient (Wildman–Crippen LogP) is 7.46. The van der Waals surface area contributed by atoms with Crippen LogP contribution < -0.4 is 4.90 Å². The maximum absolute atomic E-state index is 6.40. The molecule has 154 valence electrons. The molecule has 3 heterocycles. The zero-order valence-electron chi connectivity index (χ0n) is 18.0. The minimum atomic E-state index is 0.350. The summed E-state index contributed by atoms with van der Waals surface area (Å²) in [5.74, 6) is 1.54. The van der Waals surface area contributed by atoms with E-state index in [2.05, 4.69) is 68.8 Å². The predicted molar refractivity (Wildman–Crippen MR) is 127 cm³/mol. The first-order chi connectivity index (χ1) is 13.9. The van der Waals surface area contributed by atoms with Crippen molar-refractivity contribution in [3.05, 3.63) is 40.0 Å². The van der Waals surface area contributed by atoms with Crippen molar-refractivity contribution >= 4 is 39.0 Å². The Kier molecular flexibility index (Phi) is 5.85. The molecule has 1 fully saturated rings. The topological polar surface area (TPSA) is 29.0 Å². The second-order valence-corrected chi connectivity index (χ2v) is 9.98. The second-order valence-electron chi connectivity index (χ2n) is 8.56. The molecule has 4 rings (SSSR count). The molecule has 0 saturated carbocycles. The van der Waals surface area contributed by atoms with E-state index in [0.29, 0.717) is 23.3 Å². The van der Waals surface area contributed by atoms with Crippen LogP contribution in [0.4, 0.5) is 5.82 Å². The quantitative estimate of drug-likeness (QED) is 0.404. The fraction of sp³-hybridized carbons (Fsp3) is 0.500. The van der Waals surface area contributed by atoms with Crippen LogP contribution in [-0.4, -0.2) is 22.1 Å². The molecule has 2 aromatic heterocycles. The highest BCUT2D eigenvalue weighted by atomic mass is 35.5. The van der Waals surface area contributed by atoms with Crippen LogP contribution in [0.1, 0.15) is 70.2 Å². The minimum absolute atomic E-state index is 0.350. The van der Waals surface area contributed by atoms with Crippen molar-refractivity contribution in [2.24, 2.45) is 0 Å². The number of aryl methyl sites for hydroxylation is 1. The molecule has 0 amide bonds. The number of nitrogens with zero attached hydrogens (tertiary/aromatic N) is 3. The summed E-state index contributed by atoms with van der Waals surface area (Å²) >= 11 is 8.16. The highest BCUT2D eigenvalue weighted by molar-refractivity contribution is 7.19. The first-order valence-electron chi connectivity index (χ1n) is 10.8. The Balaban J connectivity index is 1.96. The Morgan fingerprint density at radius 3 is 2.34 bits per heavy atom. The number of fused-ring (bicyclic) bond motifs is 1. The molecule has 0 aliphatic carbocycles. The Bertz CT molecular complexity index is 999. The first-order valence-corrected chi connectivity index (χ1v) is 12.0. The molecule has 29 heavy (non-hydrogen) atoms. The van der Waals surface area contributed by atoms with Crippen LogP contribution in [0.3, 0.4) is 0 Å². The number of rotatable bonds is 4. The molecule has 5 heteroatoms. The largest absolute Gasteiger partial charge is 0.351 e. The number of thiophene rings is 1. The Labute approximate surface area is 183 Å². The van der Waals surface area contributed by atoms with Gasteiger partial charge in [0, 0.05) is 22.5 Å². The van der Waals surface area contributed by atoms with E-state index >= 15 is 0 Å². The van der Waals surface area contributed by atoms with Crippen LogP contribution in [0.2, 0.25) is 5.28 Å². The number of benzene rings is 1. The normalized spacial score (nSPS) is 20.0. The summed E-state index contributed by atoms with van der Waals surface area (Å²) in [6, 6.07) is 9.94. The zero-order chi connectivity index (χ0) is 20.7. The van der Waals surface area contributed by atoms with Crippen molar-refractivity contribution in [1.82, 2.24) is 9.97 Å². The van der Waals surface area contributed by atoms with Crippen molar-refractivity contribution in [3.8, 4) is 11.1 Å². The van der Waals surface area contributed by atoms with E-state index in [4.69, 9.17) is 16.6 Å². The first kappa shape index (κ1) is 20.6. The van der Waals surface area contributed by atoms with Crippen molar-refractivity contribution in [2.45, 2.75) is 78.3 Å². The Morgan fingerprint density at radius 1 is 1.10 bits per heavy atom. The lowest BCUT2D eigenvalue weighted by Crippen LogP contribution is -2.44. The summed E-state index contributed by atoms with van der Waals surface area (Å²) in [7, 11) is 0. The van der Waals surface area contributed by atoms with E-state index < -0.39 is 0 Å². The third kappa shape index (κ3) is 3.77. The van der Waals surface area contributed by atoms with Crippen LogP contribution in [0.15, 0.2) is 24.3 Å². The minimum Gasteiger partial charge on any atom is -0.351 e. The smallest absolute Gasteiger partial charge is 0.225 e. The lowest BCUT2D eigenvalue weighted by Gasteiger charge is -2.40. The van der Waals surface area contributed by atoms with Gasteiger partial charge in [0.2, 0.25) is 5.28 Å². The van der Waals surface area contributed by atoms with Gasteiger partial charge in [0.25, 0.3) is 0 Å². The standard InChI is InChI=1S/C24H30ClN3S/c1-6-19-20(18-12-10-17(11-13-18)14(2)3)21-22(26-24(25)27-23(21)29-19)28-15(4)8-7-9-16(28)5/h10-16H,6-9H2,1-5H3. The molecule has 3 aromatic rings. The van der Waals surface area contributed by atoms with Gasteiger partial charge in [0.05, 0.1) is 5.39 Å². The van der Waals surface area contributed by atoms with Gasteiger partial charge in [-0.3, -0.25) is 0 Å². The molecule has 3 nitrogen and oxygen atoms in total. The lowest BCUT2D eigenvalue weighted by atomic mass is 9.95. The third-order valence-corrected chi connectivity index (χ3v) is 7.60. The molecule has 1 aromatic carbocycles. The third-order valence-electron chi connectivity index (χ3n) is 6.20. The van der Waals surface area contributed by atoms with E-state index in [0.717, 1.165) is 17.1 Å². The van der Waals surface area contributed by atoms with Crippen LogP contribution in [-0.2, 0) is 6.42 Å². The molecule has 0 spiro atoms. The molecular formula is C24H30ClN3S. The molecule has 1 aliphatic heterocycles. The van der Waals surface area contributed by atoms with Gasteiger partial charge in [0.1, 0.15) is 10.6 Å². The fourth-order valence-electron chi connectivity index (χ4n) is 4.62. The Hall–Kier alpha value is -1.65. The van der Waals surface area contributed by atoms with Gasteiger partial charge in [0.15, 0.2) is 0 Å². The average molecular weight is 428 g/mol. The van der Waals surface area contributed by atoms with Crippen molar-refractivity contribution < 1.29 is 0 Å². The maximum atomic E-state index is 6.40. The molecule has 2 unspecified atom stereocenters. The fourth-order valence-corrected chi connectivity index (χ4v) is 5.96. The van der Waals surface area contributed by atoms with E-state index in [9.17, 15) is 0 Å². The monoisotopic (exact) mass is 427 g/mol. The van der Waals surface area contributed by atoms with Crippen LogP contribution in [0, 0.1) is 0 Å². The number of hydrogen-bond donors (Lipinski definition) is 0. The second kappa shape index (κ2) is 8.23. The summed E-state index contributed by atoms with van der Waals surface area (Å²) in [4.78, 5) is 14.3. The number of hydrogen-bond acceptors (Lipinski definition) is 4. The van der Waals surface area contributed by atoms with Crippen molar-refractivity contribution in [1.29, 1.82) is 0 Å². The van der Waals surface area contributed by atoms with Gasteiger partial charge in [-0.05, 0) is 68.2 Å². The van der Waals surface area contributed by atoms with Crippen LogP contribution in [0.25, 0.3) is 21.3 Å². The maximum Gasteiger partial charge on any atom is 0.225 e. The summed E-state index contributed by atoms with van der Waals surface area (Å²) in [5, 5.41) is 1.53. The van der Waals surface area contributed by atoms with Gasteiger partial charge in [-0.1, -0.05) is 45.0 Å². The molecule has 2 atom stereocenters. The van der Waals surface area contributed by atoms with Gasteiger partial charge in [-0.15, -0.1) is 11.3 Å². The lowest BCUT2D eigenvalue weighted by molar-refractivity contribution is 0.412. The van der Waals surface area contributed by atoms with Gasteiger partial charge in [-0.2, -0.15) is 4.98 Å². The summed E-state index contributed by atoms with van der Waals surface area (Å²) in [6.45, 7) is 11.3. The number of anilines is 1. The van der Waals surface area contributed by atoms with Gasteiger partial charge < -0.3 is 4.90 Å². The zero-order valence-corrected chi connectivity index (χ0v) is 19.6. The molecular weight excluding hydrogens is 398 g/mol. The summed E-state index contributed by atoms with van der Waals surface area (Å²) in [6.07, 6.45) is 4.63. The van der Waals surface area contributed by atoms with E-state index in [1.807, 2.05) is 0 Å². The molecule has 0 radical (unpaired) electrons. The van der Waals surface area contributed by atoms with Crippen molar-refractivity contribution in [3.63, 3.8) is 0 Å². The van der Waals surface area contributed by atoms with Crippen LogP contribution in [0.5, 0.6) is 0 Å². The summed E-state index contributed by atoms with van der Waals surface area (Å²) in [5.41, 5.74) is 3.91. The van der Waals surface area contributed by atoms with E-state index in [-0.39, 0.29) is 0 Å². The number of aromatic nitrogens is 2. The Morgan fingerprint density at radius 2 is 1.76 bits per heavy atom. The molecule has 1 aliphatic rings. The molecule has 0 bridgehead atoms. The highest BCUT2D eigenvalue weighted by Crippen LogP contribution is 2.44. The highest BCUT2D eigenvalue weighted by Gasteiger charge is 2.30. The van der Waals surface area contributed by atoms with Gasteiger partial charge >= 0.3 is 0 Å². The average Bonchev–Trinajstić information content (AvgIpc) is 3.06.